The van der Waals surface area contributed by atoms with E-state index in [0.717, 1.165) is 18.4 Å². The van der Waals surface area contributed by atoms with Crippen molar-refractivity contribution in [2.75, 3.05) is 25.9 Å². The van der Waals surface area contributed by atoms with Gasteiger partial charge in [-0.1, -0.05) is 30.3 Å². The summed E-state index contributed by atoms with van der Waals surface area (Å²) in [7, 11) is 0. The van der Waals surface area contributed by atoms with Crippen LogP contribution in [0.15, 0.2) is 65.6 Å². The molecule has 0 saturated carbocycles. The van der Waals surface area contributed by atoms with Crippen molar-refractivity contribution in [3.8, 4) is 5.75 Å². The number of carbonyl (C=O) groups is 2. The molecule has 0 aromatic heterocycles. The number of benzene rings is 2. The van der Waals surface area contributed by atoms with Gasteiger partial charge in [-0.25, -0.2) is 4.79 Å². The highest BCUT2D eigenvalue weighted by Gasteiger charge is 2.24. The van der Waals surface area contributed by atoms with Gasteiger partial charge in [0.05, 0.1) is 0 Å². The largest absolute Gasteiger partial charge is 0.415 e. The first kappa shape index (κ1) is 21.0. The van der Waals surface area contributed by atoms with Crippen LogP contribution in [0.5, 0.6) is 5.75 Å². The van der Waals surface area contributed by atoms with Crippen molar-refractivity contribution in [1.82, 2.24) is 10.2 Å². The Kier molecular flexibility index (Phi) is 7.76. The van der Waals surface area contributed by atoms with Crippen LogP contribution in [0.4, 0.5) is 4.79 Å². The van der Waals surface area contributed by atoms with Gasteiger partial charge in [-0.15, -0.1) is 11.8 Å². The molecule has 0 radical (unpaired) electrons. The Hall–Kier alpha value is -2.73. The minimum absolute atomic E-state index is 0.0927. The minimum Gasteiger partial charge on any atom is -0.410 e. The van der Waals surface area contributed by atoms with Crippen molar-refractivity contribution in [3.05, 3.63) is 66.2 Å². The molecular weight excluding hydrogens is 384 g/mol. The Morgan fingerprint density at radius 2 is 1.79 bits per heavy atom. The van der Waals surface area contributed by atoms with E-state index in [1.807, 2.05) is 54.8 Å². The molecule has 1 fully saturated rings. The quantitative estimate of drug-likeness (QED) is 0.565. The molecule has 6 heteroatoms. The third kappa shape index (κ3) is 6.68. The van der Waals surface area contributed by atoms with Gasteiger partial charge in [0.1, 0.15) is 5.75 Å². The fourth-order valence-electron chi connectivity index (χ4n) is 3.16. The van der Waals surface area contributed by atoms with Crippen LogP contribution >= 0.6 is 11.8 Å². The molecule has 0 bridgehead atoms. The molecule has 0 aliphatic carbocycles. The van der Waals surface area contributed by atoms with Gasteiger partial charge >= 0.3 is 6.09 Å². The number of amides is 2. The molecule has 1 N–H and O–H groups in total. The zero-order valence-corrected chi connectivity index (χ0v) is 17.4. The van der Waals surface area contributed by atoms with Gasteiger partial charge in [-0.05, 0) is 60.9 Å². The number of piperidine rings is 1. The first-order valence-corrected chi connectivity index (χ1v) is 11.0. The third-order valence-electron chi connectivity index (χ3n) is 4.93. The monoisotopic (exact) mass is 410 g/mol. The van der Waals surface area contributed by atoms with Crippen LogP contribution in [0.25, 0.3) is 6.08 Å². The number of ether oxygens (including phenoxy) is 1. The van der Waals surface area contributed by atoms with Crippen molar-refractivity contribution in [1.29, 1.82) is 0 Å². The molecular formula is C23H26N2O3S. The molecule has 3 rings (SSSR count). The Morgan fingerprint density at radius 3 is 2.45 bits per heavy atom. The van der Waals surface area contributed by atoms with Crippen LogP contribution in [0.2, 0.25) is 0 Å². The van der Waals surface area contributed by atoms with Crippen molar-refractivity contribution in [2.45, 2.75) is 17.7 Å². The van der Waals surface area contributed by atoms with E-state index < -0.39 is 0 Å². The topological polar surface area (TPSA) is 58.6 Å². The predicted octanol–water partition coefficient (Wildman–Crippen LogP) is 4.45. The van der Waals surface area contributed by atoms with E-state index in [1.54, 1.807) is 34.9 Å². The highest BCUT2D eigenvalue weighted by molar-refractivity contribution is 7.98. The van der Waals surface area contributed by atoms with Crippen LogP contribution in [0, 0.1) is 5.92 Å². The SMILES string of the molecule is CSc1ccc(C=CC(=O)NCC2CCN(C(=O)Oc3ccccc3)CC2)cc1. The van der Waals surface area contributed by atoms with Crippen molar-refractivity contribution in [3.63, 3.8) is 0 Å². The average molecular weight is 411 g/mol. The first-order chi connectivity index (χ1) is 14.1. The lowest BCUT2D eigenvalue weighted by Crippen LogP contribution is -2.42. The summed E-state index contributed by atoms with van der Waals surface area (Å²) >= 11 is 1.69. The maximum Gasteiger partial charge on any atom is 0.415 e. The van der Waals surface area contributed by atoms with Crippen LogP contribution in [0.3, 0.4) is 0 Å². The number of nitrogens with zero attached hydrogens (tertiary/aromatic N) is 1. The van der Waals surface area contributed by atoms with Crippen molar-refractivity contribution < 1.29 is 14.3 Å². The second-order valence-electron chi connectivity index (χ2n) is 6.96. The van der Waals surface area contributed by atoms with Crippen LogP contribution in [-0.2, 0) is 4.79 Å². The summed E-state index contributed by atoms with van der Waals surface area (Å²) in [5.74, 6) is 0.834. The molecule has 2 aromatic carbocycles. The zero-order valence-electron chi connectivity index (χ0n) is 16.5. The average Bonchev–Trinajstić information content (AvgIpc) is 2.77. The highest BCUT2D eigenvalue weighted by atomic mass is 32.2. The zero-order chi connectivity index (χ0) is 20.5. The van der Waals surface area contributed by atoms with Gasteiger partial charge in [-0.3, -0.25) is 4.79 Å². The number of rotatable bonds is 6. The fraction of sp³-hybridized carbons (Fsp3) is 0.304. The van der Waals surface area contributed by atoms with E-state index in [2.05, 4.69) is 5.32 Å². The summed E-state index contributed by atoms with van der Waals surface area (Å²) in [4.78, 5) is 27.2. The highest BCUT2D eigenvalue weighted by Crippen LogP contribution is 2.19. The van der Waals surface area contributed by atoms with E-state index in [0.29, 0.717) is 31.3 Å². The molecule has 152 valence electrons. The molecule has 1 heterocycles. The third-order valence-corrected chi connectivity index (χ3v) is 5.67. The Labute approximate surface area is 176 Å². The molecule has 1 aliphatic rings. The first-order valence-electron chi connectivity index (χ1n) is 9.76. The van der Waals surface area contributed by atoms with Gasteiger partial charge < -0.3 is 15.0 Å². The van der Waals surface area contributed by atoms with E-state index in [9.17, 15) is 9.59 Å². The van der Waals surface area contributed by atoms with Crippen LogP contribution in [0.1, 0.15) is 18.4 Å². The van der Waals surface area contributed by atoms with Crippen molar-refractivity contribution in [2.24, 2.45) is 5.92 Å². The summed E-state index contributed by atoms with van der Waals surface area (Å²) in [5, 5.41) is 2.96. The lowest BCUT2D eigenvalue weighted by molar-refractivity contribution is -0.116. The van der Waals surface area contributed by atoms with E-state index >= 15 is 0 Å². The summed E-state index contributed by atoms with van der Waals surface area (Å²) < 4.78 is 5.38. The van der Waals surface area contributed by atoms with Gasteiger partial charge in [0.15, 0.2) is 0 Å². The molecule has 2 aromatic rings. The molecule has 1 saturated heterocycles. The van der Waals surface area contributed by atoms with Crippen LogP contribution in [-0.4, -0.2) is 42.8 Å². The molecule has 2 amide bonds. The summed E-state index contributed by atoms with van der Waals surface area (Å²) in [6, 6.07) is 17.2. The number of para-hydroxylation sites is 1. The van der Waals surface area contributed by atoms with Crippen molar-refractivity contribution >= 4 is 29.8 Å². The molecule has 0 spiro atoms. The molecule has 0 unspecified atom stereocenters. The molecule has 5 nitrogen and oxygen atoms in total. The second kappa shape index (κ2) is 10.7. The van der Waals surface area contributed by atoms with E-state index in [1.165, 1.54) is 4.90 Å². The molecule has 1 aliphatic heterocycles. The number of hydrogen-bond acceptors (Lipinski definition) is 4. The number of nitrogens with one attached hydrogen (secondary N) is 1. The fourth-order valence-corrected chi connectivity index (χ4v) is 3.57. The minimum atomic E-state index is -0.311. The van der Waals surface area contributed by atoms with Gasteiger partial charge in [-0.2, -0.15) is 0 Å². The lowest BCUT2D eigenvalue weighted by Gasteiger charge is -2.31. The van der Waals surface area contributed by atoms with E-state index in [-0.39, 0.29) is 12.0 Å². The Morgan fingerprint density at radius 1 is 1.10 bits per heavy atom. The Bertz CT molecular complexity index is 829. The van der Waals surface area contributed by atoms with Gasteiger partial charge in [0.2, 0.25) is 5.91 Å². The normalized spacial score (nSPS) is 14.7. The molecule has 0 atom stereocenters. The standard InChI is InChI=1S/C23H26N2O3S/c1-29-21-10-7-18(8-11-21)9-12-22(26)24-17-19-13-15-25(16-14-19)23(27)28-20-5-3-2-4-6-20/h2-12,19H,13-17H2,1H3,(H,24,26). The maximum atomic E-state index is 12.2. The van der Waals surface area contributed by atoms with E-state index in [4.69, 9.17) is 4.74 Å². The second-order valence-corrected chi connectivity index (χ2v) is 7.84. The smallest absolute Gasteiger partial charge is 0.410 e. The number of hydrogen-bond donors (Lipinski definition) is 1. The number of thioether (sulfide) groups is 1. The maximum absolute atomic E-state index is 12.2. The molecule has 29 heavy (non-hydrogen) atoms. The lowest BCUT2D eigenvalue weighted by atomic mass is 9.97. The number of carbonyl (C=O) groups excluding carboxylic acids is 2. The predicted molar refractivity (Wildman–Crippen MR) is 117 cm³/mol. The number of likely N-dealkylation sites (tertiary alicyclic amines) is 1. The summed E-state index contributed by atoms with van der Waals surface area (Å²) in [6.07, 6.45) is 6.82. The summed E-state index contributed by atoms with van der Waals surface area (Å²) in [5.41, 5.74) is 1.00. The van der Waals surface area contributed by atoms with Gasteiger partial charge in [0, 0.05) is 30.6 Å². The van der Waals surface area contributed by atoms with Gasteiger partial charge in [0.25, 0.3) is 0 Å². The summed E-state index contributed by atoms with van der Waals surface area (Å²) in [6.45, 7) is 1.91. The Balaban J connectivity index is 1.37. The van der Waals surface area contributed by atoms with Crippen LogP contribution < -0.4 is 10.1 Å².